The molecule has 1 aromatic rings. The minimum Gasteiger partial charge on any atom is -0.492 e. The van der Waals surface area contributed by atoms with E-state index in [-0.39, 0.29) is 12.3 Å². The molecule has 0 unspecified atom stereocenters. The number of ether oxygens (including phenoxy) is 1. The van der Waals surface area contributed by atoms with Crippen LogP contribution in [0, 0.1) is 0 Å². The van der Waals surface area contributed by atoms with Gasteiger partial charge >= 0.3 is 5.97 Å². The average molecular weight is 328 g/mol. The van der Waals surface area contributed by atoms with E-state index in [1.165, 1.54) is 0 Å². The zero-order valence-electron chi connectivity index (χ0n) is 12.9. The maximum Gasteiger partial charge on any atom is 0.303 e. The van der Waals surface area contributed by atoms with Crippen LogP contribution in [0.4, 0.5) is 0 Å². The summed E-state index contributed by atoms with van der Waals surface area (Å²) in [6.07, 6.45) is 1.31. The Bertz CT molecular complexity index is 517. The van der Waals surface area contributed by atoms with Crippen LogP contribution in [0.3, 0.4) is 0 Å². The summed E-state index contributed by atoms with van der Waals surface area (Å²) < 4.78 is 5.51. The van der Waals surface area contributed by atoms with E-state index in [4.69, 9.17) is 21.4 Å². The number of carboxylic acid groups (broad SMARTS) is 1. The molecule has 0 heterocycles. The number of nitrogens with one attached hydrogen (secondary N) is 1. The first-order valence-electron chi connectivity index (χ1n) is 7.20. The van der Waals surface area contributed by atoms with Gasteiger partial charge in [-0.15, -0.1) is 0 Å². The van der Waals surface area contributed by atoms with Crippen molar-refractivity contribution in [2.24, 2.45) is 0 Å². The van der Waals surface area contributed by atoms with Gasteiger partial charge in [-0.1, -0.05) is 23.7 Å². The summed E-state index contributed by atoms with van der Waals surface area (Å²) in [5, 5.41) is 12.1. The minimum atomic E-state index is -0.865. The Kier molecular flexibility index (Phi) is 7.18. The van der Waals surface area contributed by atoms with E-state index < -0.39 is 11.5 Å². The van der Waals surface area contributed by atoms with Gasteiger partial charge in [-0.2, -0.15) is 0 Å². The molecule has 0 aliphatic rings. The molecule has 0 spiro atoms. The third-order valence-corrected chi connectivity index (χ3v) is 3.40. The van der Waals surface area contributed by atoms with Crippen molar-refractivity contribution >= 4 is 23.5 Å². The van der Waals surface area contributed by atoms with Gasteiger partial charge in [0.25, 0.3) is 0 Å². The quantitative estimate of drug-likeness (QED) is 0.683. The fourth-order valence-electron chi connectivity index (χ4n) is 1.90. The Morgan fingerprint density at radius 1 is 1.27 bits per heavy atom. The molecule has 0 fully saturated rings. The van der Waals surface area contributed by atoms with E-state index in [9.17, 15) is 9.59 Å². The molecule has 0 atom stereocenters. The summed E-state index contributed by atoms with van der Waals surface area (Å²) in [6.45, 7) is 4.02. The highest BCUT2D eigenvalue weighted by Crippen LogP contribution is 2.23. The van der Waals surface area contributed by atoms with E-state index in [0.717, 1.165) is 0 Å². The Balaban J connectivity index is 2.26. The number of carboxylic acids is 1. The molecule has 0 aliphatic carbocycles. The van der Waals surface area contributed by atoms with E-state index in [1.54, 1.807) is 12.1 Å². The maximum absolute atomic E-state index is 11.8. The second kappa shape index (κ2) is 8.63. The second-order valence-corrected chi connectivity index (χ2v) is 6.12. The molecule has 2 N–H and O–H groups in total. The van der Waals surface area contributed by atoms with Gasteiger partial charge in [0.05, 0.1) is 11.6 Å². The molecule has 6 heteroatoms. The number of hydrogen-bond acceptors (Lipinski definition) is 3. The summed E-state index contributed by atoms with van der Waals surface area (Å²) in [7, 11) is 0. The van der Waals surface area contributed by atoms with Gasteiger partial charge < -0.3 is 15.2 Å². The zero-order valence-corrected chi connectivity index (χ0v) is 13.7. The lowest BCUT2D eigenvalue weighted by Gasteiger charge is -2.25. The minimum absolute atomic E-state index is 0.0307. The van der Waals surface area contributed by atoms with E-state index >= 15 is 0 Å². The van der Waals surface area contributed by atoms with Crippen molar-refractivity contribution in [2.75, 3.05) is 6.61 Å². The van der Waals surface area contributed by atoms with Gasteiger partial charge in [-0.3, -0.25) is 9.59 Å². The van der Waals surface area contributed by atoms with Crippen LogP contribution >= 0.6 is 11.6 Å². The molecule has 1 rings (SSSR count). The van der Waals surface area contributed by atoms with Crippen LogP contribution in [0.5, 0.6) is 5.75 Å². The summed E-state index contributed by atoms with van der Waals surface area (Å²) in [5.41, 5.74) is -0.529. The Hall–Kier alpha value is -1.75. The zero-order chi connectivity index (χ0) is 16.6. The molecule has 0 radical (unpaired) electrons. The van der Waals surface area contributed by atoms with Crippen LogP contribution < -0.4 is 10.1 Å². The predicted octanol–water partition coefficient (Wildman–Crippen LogP) is 3.26. The Morgan fingerprint density at radius 3 is 2.59 bits per heavy atom. The number of carbonyl (C=O) groups is 2. The topological polar surface area (TPSA) is 75.6 Å². The predicted molar refractivity (Wildman–Crippen MR) is 85.3 cm³/mol. The number of rotatable bonds is 9. The molecule has 0 saturated heterocycles. The van der Waals surface area contributed by atoms with Gasteiger partial charge in [-0.25, -0.2) is 0 Å². The van der Waals surface area contributed by atoms with Crippen LogP contribution in [0.15, 0.2) is 24.3 Å². The highest BCUT2D eigenvalue weighted by atomic mass is 35.5. The third kappa shape index (κ3) is 7.31. The Labute approximate surface area is 135 Å². The van der Waals surface area contributed by atoms with Crippen molar-refractivity contribution < 1.29 is 19.4 Å². The van der Waals surface area contributed by atoms with E-state index in [2.05, 4.69) is 5.32 Å². The smallest absolute Gasteiger partial charge is 0.303 e. The monoisotopic (exact) mass is 327 g/mol. The lowest BCUT2D eigenvalue weighted by atomic mass is 9.98. The number of amides is 1. The van der Waals surface area contributed by atoms with Crippen molar-refractivity contribution in [1.82, 2.24) is 5.32 Å². The fourth-order valence-corrected chi connectivity index (χ4v) is 2.09. The highest BCUT2D eigenvalue weighted by molar-refractivity contribution is 6.32. The van der Waals surface area contributed by atoms with Crippen molar-refractivity contribution in [3.63, 3.8) is 0 Å². The summed E-state index contributed by atoms with van der Waals surface area (Å²) in [4.78, 5) is 22.4. The van der Waals surface area contributed by atoms with Gasteiger partial charge in [0.1, 0.15) is 5.75 Å². The van der Waals surface area contributed by atoms with Crippen LogP contribution in [0.1, 0.15) is 39.5 Å². The molecule has 5 nitrogen and oxygen atoms in total. The fraction of sp³-hybridized carbons (Fsp3) is 0.500. The molecule has 0 aliphatic heterocycles. The van der Waals surface area contributed by atoms with Crippen LogP contribution in [-0.4, -0.2) is 29.1 Å². The average Bonchev–Trinajstić information content (AvgIpc) is 2.43. The summed E-state index contributed by atoms with van der Waals surface area (Å²) in [5.74, 6) is -0.375. The molecule has 0 aromatic heterocycles. The number of halogens is 1. The van der Waals surface area contributed by atoms with Gasteiger partial charge in [-0.05, 0) is 38.8 Å². The van der Waals surface area contributed by atoms with Crippen LogP contribution in [-0.2, 0) is 9.59 Å². The molecule has 1 aromatic carbocycles. The Morgan fingerprint density at radius 2 is 1.95 bits per heavy atom. The standard InChI is InChI=1S/C16H22ClNO4/c1-16(2,10-9-15(20)21)18-14(19)8-5-11-22-13-7-4-3-6-12(13)17/h3-4,6-7H,5,8-11H2,1-2H3,(H,18,19)(H,20,21). The normalized spacial score (nSPS) is 11.0. The van der Waals surface area contributed by atoms with Crippen molar-refractivity contribution in [3.05, 3.63) is 29.3 Å². The van der Waals surface area contributed by atoms with Crippen molar-refractivity contribution in [3.8, 4) is 5.75 Å². The number of aliphatic carboxylic acids is 1. The van der Waals surface area contributed by atoms with E-state index in [0.29, 0.717) is 36.6 Å². The SMILES string of the molecule is CC(C)(CCC(=O)O)NC(=O)CCCOc1ccccc1Cl. The van der Waals surface area contributed by atoms with Gasteiger partial charge in [0.2, 0.25) is 5.91 Å². The molecular weight excluding hydrogens is 306 g/mol. The number of hydrogen-bond donors (Lipinski definition) is 2. The number of para-hydroxylation sites is 1. The largest absolute Gasteiger partial charge is 0.492 e. The molecular formula is C16H22ClNO4. The highest BCUT2D eigenvalue weighted by Gasteiger charge is 2.21. The molecule has 1 amide bonds. The van der Waals surface area contributed by atoms with Crippen molar-refractivity contribution in [1.29, 1.82) is 0 Å². The number of carbonyl (C=O) groups excluding carboxylic acids is 1. The lowest BCUT2D eigenvalue weighted by Crippen LogP contribution is -2.43. The third-order valence-electron chi connectivity index (χ3n) is 3.08. The van der Waals surface area contributed by atoms with Crippen LogP contribution in [0.2, 0.25) is 5.02 Å². The van der Waals surface area contributed by atoms with Gasteiger partial charge in [0, 0.05) is 18.4 Å². The first-order valence-corrected chi connectivity index (χ1v) is 7.58. The van der Waals surface area contributed by atoms with Crippen LogP contribution in [0.25, 0.3) is 0 Å². The molecule has 122 valence electrons. The maximum atomic E-state index is 11.8. The van der Waals surface area contributed by atoms with E-state index in [1.807, 2.05) is 26.0 Å². The molecule has 22 heavy (non-hydrogen) atoms. The molecule has 0 saturated carbocycles. The molecule has 0 bridgehead atoms. The summed E-state index contributed by atoms with van der Waals surface area (Å²) >= 11 is 5.96. The second-order valence-electron chi connectivity index (χ2n) is 5.71. The summed E-state index contributed by atoms with van der Waals surface area (Å²) in [6, 6.07) is 7.17. The first kappa shape index (κ1) is 18.3. The first-order chi connectivity index (χ1) is 10.3. The number of benzene rings is 1. The van der Waals surface area contributed by atoms with Crippen molar-refractivity contribution in [2.45, 2.75) is 45.1 Å². The van der Waals surface area contributed by atoms with Gasteiger partial charge in [0.15, 0.2) is 0 Å². The lowest BCUT2D eigenvalue weighted by molar-refractivity contribution is -0.137.